The number of aryl methyl sites for hydroxylation is 1. The predicted octanol–water partition coefficient (Wildman–Crippen LogP) is 5.04. The van der Waals surface area contributed by atoms with Gasteiger partial charge in [0.15, 0.2) is 0 Å². The molecule has 1 fully saturated rings. The van der Waals surface area contributed by atoms with Crippen LogP contribution in [0.5, 0.6) is 0 Å². The monoisotopic (exact) mass is 500 g/mol. The number of ether oxygens (including phenoxy) is 1. The number of carbonyl (C=O) groups excluding carboxylic acids is 1. The number of nitrogens with one attached hydrogen (secondary N) is 2. The SMILES string of the molecule is CC1CN(Cc2nc(C(=O)Nc3cc(-c4cccc5[nH]ccc45)cc4c3cnn4C)cs2)CC(C)O1. The fourth-order valence-corrected chi connectivity index (χ4v) is 5.94. The summed E-state index contributed by atoms with van der Waals surface area (Å²) in [5.41, 5.74) is 5.28. The number of morpholine rings is 1. The minimum Gasteiger partial charge on any atom is -0.373 e. The van der Waals surface area contributed by atoms with Gasteiger partial charge in [0, 0.05) is 48.0 Å². The van der Waals surface area contributed by atoms with E-state index in [1.165, 1.54) is 11.3 Å². The zero-order valence-corrected chi connectivity index (χ0v) is 21.3. The molecule has 0 radical (unpaired) electrons. The molecule has 36 heavy (non-hydrogen) atoms. The van der Waals surface area contributed by atoms with Gasteiger partial charge in [0.05, 0.1) is 36.2 Å². The van der Waals surface area contributed by atoms with Gasteiger partial charge in [-0.25, -0.2) is 4.98 Å². The molecule has 6 rings (SSSR count). The maximum atomic E-state index is 13.3. The van der Waals surface area contributed by atoms with E-state index >= 15 is 0 Å². The number of aromatic nitrogens is 4. The van der Waals surface area contributed by atoms with Crippen molar-refractivity contribution in [2.45, 2.75) is 32.6 Å². The summed E-state index contributed by atoms with van der Waals surface area (Å²) in [5, 5.41) is 12.3. The van der Waals surface area contributed by atoms with Gasteiger partial charge >= 0.3 is 0 Å². The van der Waals surface area contributed by atoms with Gasteiger partial charge in [-0.05, 0) is 49.2 Å². The Morgan fingerprint density at radius 2 is 2.03 bits per heavy atom. The molecule has 3 aromatic heterocycles. The number of H-pyrrole nitrogens is 1. The van der Waals surface area contributed by atoms with Crippen LogP contribution in [0.3, 0.4) is 0 Å². The van der Waals surface area contributed by atoms with Crippen molar-refractivity contribution in [2.75, 3.05) is 18.4 Å². The van der Waals surface area contributed by atoms with E-state index in [-0.39, 0.29) is 18.1 Å². The lowest BCUT2D eigenvalue weighted by atomic mass is 9.99. The summed E-state index contributed by atoms with van der Waals surface area (Å²) in [6.07, 6.45) is 4.13. The number of fused-ring (bicyclic) bond motifs is 2. The molecule has 0 spiro atoms. The Bertz CT molecular complexity index is 1560. The number of amides is 1. The molecule has 2 atom stereocenters. The van der Waals surface area contributed by atoms with Crippen LogP contribution in [0, 0.1) is 0 Å². The standard InChI is InChI=1S/C27H28N6O2S/c1-16-12-33(13-17(2)35-16)14-26-30-24(15-36-26)27(34)31-23-9-18(10-25-21(23)11-29-32(25)3)19-5-4-6-22-20(19)7-8-28-22/h4-11,15-17,28H,12-14H2,1-3H3,(H,31,34). The van der Waals surface area contributed by atoms with Crippen molar-refractivity contribution >= 4 is 44.7 Å². The third kappa shape index (κ3) is 4.30. The maximum absolute atomic E-state index is 13.3. The molecule has 1 saturated heterocycles. The highest BCUT2D eigenvalue weighted by Crippen LogP contribution is 2.34. The van der Waals surface area contributed by atoms with Gasteiger partial charge in [0.1, 0.15) is 10.7 Å². The Hall–Kier alpha value is -3.53. The van der Waals surface area contributed by atoms with Crippen molar-refractivity contribution in [3.63, 3.8) is 0 Å². The van der Waals surface area contributed by atoms with Crippen LogP contribution in [0.2, 0.25) is 0 Å². The molecule has 0 saturated carbocycles. The number of rotatable bonds is 5. The first-order valence-electron chi connectivity index (χ1n) is 12.1. The summed E-state index contributed by atoms with van der Waals surface area (Å²) in [5.74, 6) is -0.219. The van der Waals surface area contributed by atoms with E-state index in [2.05, 4.69) is 63.4 Å². The number of carbonyl (C=O) groups is 1. The Balaban J connectivity index is 1.28. The van der Waals surface area contributed by atoms with Crippen molar-refractivity contribution in [1.82, 2.24) is 24.6 Å². The van der Waals surface area contributed by atoms with Crippen LogP contribution in [0.4, 0.5) is 5.69 Å². The number of hydrogen-bond acceptors (Lipinski definition) is 6. The van der Waals surface area contributed by atoms with E-state index in [1.807, 2.05) is 35.4 Å². The smallest absolute Gasteiger partial charge is 0.275 e. The summed E-state index contributed by atoms with van der Waals surface area (Å²) < 4.78 is 7.66. The van der Waals surface area contributed by atoms with Gasteiger partial charge in [-0.2, -0.15) is 5.10 Å². The molecule has 1 aliphatic rings. The van der Waals surface area contributed by atoms with Crippen LogP contribution >= 0.6 is 11.3 Å². The topological polar surface area (TPSA) is 88.1 Å². The molecule has 5 aromatic rings. The zero-order chi connectivity index (χ0) is 24.8. The van der Waals surface area contributed by atoms with Crippen LogP contribution in [0.25, 0.3) is 32.9 Å². The second-order valence-corrected chi connectivity index (χ2v) is 10.4. The van der Waals surface area contributed by atoms with Crippen molar-refractivity contribution in [2.24, 2.45) is 7.05 Å². The van der Waals surface area contributed by atoms with Crippen LogP contribution in [0.1, 0.15) is 29.3 Å². The van der Waals surface area contributed by atoms with Crippen LogP contribution in [-0.4, -0.2) is 55.9 Å². The highest BCUT2D eigenvalue weighted by Gasteiger charge is 2.23. The largest absolute Gasteiger partial charge is 0.373 e. The van der Waals surface area contributed by atoms with Crippen molar-refractivity contribution in [3.05, 3.63) is 64.9 Å². The van der Waals surface area contributed by atoms with Gasteiger partial charge in [-0.15, -0.1) is 11.3 Å². The molecular formula is C27H28N6O2S. The summed E-state index contributed by atoms with van der Waals surface area (Å²) in [7, 11) is 1.91. The zero-order valence-electron chi connectivity index (χ0n) is 20.5. The summed E-state index contributed by atoms with van der Waals surface area (Å²) >= 11 is 1.52. The summed E-state index contributed by atoms with van der Waals surface area (Å²) in [4.78, 5) is 23.5. The van der Waals surface area contributed by atoms with E-state index in [4.69, 9.17) is 4.74 Å². The van der Waals surface area contributed by atoms with E-state index in [0.717, 1.165) is 63.3 Å². The number of nitrogens with zero attached hydrogens (tertiary/aromatic N) is 4. The molecular weight excluding hydrogens is 472 g/mol. The Morgan fingerprint density at radius 3 is 2.86 bits per heavy atom. The Labute approximate surface area is 212 Å². The van der Waals surface area contributed by atoms with Gasteiger partial charge in [-0.3, -0.25) is 14.4 Å². The van der Waals surface area contributed by atoms with Gasteiger partial charge in [0.2, 0.25) is 0 Å². The Kier molecular flexibility index (Phi) is 5.83. The average Bonchev–Trinajstić information content (AvgIpc) is 3.58. The number of thiazole rings is 1. The lowest BCUT2D eigenvalue weighted by Gasteiger charge is -2.34. The van der Waals surface area contributed by atoms with Crippen LogP contribution in [0.15, 0.2) is 54.2 Å². The van der Waals surface area contributed by atoms with E-state index in [9.17, 15) is 4.79 Å². The third-order valence-corrected chi connectivity index (χ3v) is 7.49. The fraction of sp³-hybridized carbons (Fsp3) is 0.296. The molecule has 4 heterocycles. The van der Waals surface area contributed by atoms with Crippen LogP contribution in [-0.2, 0) is 18.3 Å². The lowest BCUT2D eigenvalue weighted by molar-refractivity contribution is -0.0705. The molecule has 9 heteroatoms. The van der Waals surface area contributed by atoms with E-state index in [0.29, 0.717) is 5.69 Å². The first-order valence-corrected chi connectivity index (χ1v) is 13.0. The van der Waals surface area contributed by atoms with Crippen molar-refractivity contribution in [1.29, 1.82) is 0 Å². The molecule has 0 aliphatic carbocycles. The predicted molar refractivity (Wildman–Crippen MR) is 143 cm³/mol. The van der Waals surface area contributed by atoms with E-state index in [1.54, 1.807) is 6.20 Å². The van der Waals surface area contributed by atoms with Gasteiger partial charge in [-0.1, -0.05) is 12.1 Å². The molecule has 8 nitrogen and oxygen atoms in total. The second-order valence-electron chi connectivity index (χ2n) is 9.50. The minimum atomic E-state index is -0.219. The summed E-state index contributed by atoms with van der Waals surface area (Å²) in [6.45, 7) is 6.63. The quantitative estimate of drug-likeness (QED) is 0.353. The molecule has 184 valence electrons. The first-order chi connectivity index (χ1) is 17.4. The second kappa shape index (κ2) is 9.16. The normalized spacial score (nSPS) is 18.8. The number of benzene rings is 2. The van der Waals surface area contributed by atoms with Gasteiger partial charge in [0.25, 0.3) is 5.91 Å². The fourth-order valence-electron chi connectivity index (χ4n) is 5.12. The van der Waals surface area contributed by atoms with E-state index < -0.39 is 0 Å². The number of hydrogen-bond donors (Lipinski definition) is 2. The van der Waals surface area contributed by atoms with Crippen LogP contribution < -0.4 is 5.32 Å². The molecule has 2 N–H and O–H groups in total. The molecule has 2 aromatic carbocycles. The van der Waals surface area contributed by atoms with Gasteiger partial charge < -0.3 is 15.0 Å². The van der Waals surface area contributed by atoms with Crippen molar-refractivity contribution in [3.8, 4) is 11.1 Å². The minimum absolute atomic E-state index is 0.197. The third-order valence-electron chi connectivity index (χ3n) is 6.66. The average molecular weight is 501 g/mol. The molecule has 0 bridgehead atoms. The lowest BCUT2D eigenvalue weighted by Crippen LogP contribution is -2.44. The summed E-state index contributed by atoms with van der Waals surface area (Å²) in [6, 6.07) is 12.4. The molecule has 1 amide bonds. The maximum Gasteiger partial charge on any atom is 0.275 e. The Morgan fingerprint density at radius 1 is 1.19 bits per heavy atom. The highest BCUT2D eigenvalue weighted by molar-refractivity contribution is 7.09. The highest BCUT2D eigenvalue weighted by atomic mass is 32.1. The number of anilines is 1. The first kappa shape index (κ1) is 22.9. The molecule has 2 unspecified atom stereocenters. The van der Waals surface area contributed by atoms with Crippen molar-refractivity contribution < 1.29 is 9.53 Å². The number of aromatic amines is 1. The molecule has 1 aliphatic heterocycles.